The molecule has 7 nitrogen and oxygen atoms in total. The fourth-order valence-electron chi connectivity index (χ4n) is 5.22. The molecule has 2 fully saturated rings. The van der Waals surface area contributed by atoms with Gasteiger partial charge in [0.25, 0.3) is 11.8 Å². The number of nitrogens with zero attached hydrogens (tertiary/aromatic N) is 2. The number of imide groups is 1. The molecule has 5 rings (SSSR count). The third kappa shape index (κ3) is 3.85. The van der Waals surface area contributed by atoms with Gasteiger partial charge >= 0.3 is 0 Å². The highest BCUT2D eigenvalue weighted by atomic mass is 19.1. The molecule has 3 aliphatic rings. The van der Waals surface area contributed by atoms with Crippen LogP contribution in [0.2, 0.25) is 0 Å². The third-order valence-corrected chi connectivity index (χ3v) is 6.98. The van der Waals surface area contributed by atoms with Gasteiger partial charge in [0.15, 0.2) is 0 Å². The van der Waals surface area contributed by atoms with Gasteiger partial charge < -0.3 is 9.80 Å². The molecule has 0 spiro atoms. The van der Waals surface area contributed by atoms with Crippen LogP contribution in [0, 0.1) is 11.6 Å². The first-order chi connectivity index (χ1) is 16.3. The van der Waals surface area contributed by atoms with Crippen molar-refractivity contribution in [3.63, 3.8) is 0 Å². The smallest absolute Gasteiger partial charge is 0.256 e. The van der Waals surface area contributed by atoms with Crippen LogP contribution in [0.1, 0.15) is 63.4 Å². The van der Waals surface area contributed by atoms with Gasteiger partial charge in [-0.3, -0.25) is 24.5 Å². The maximum Gasteiger partial charge on any atom is 0.256 e. The minimum absolute atomic E-state index is 0.0260. The normalized spacial score (nSPS) is 21.0. The quantitative estimate of drug-likeness (QED) is 0.704. The standard InChI is InChI=1S/C25H23F2N3O4/c26-15-11-17(14-7-9-29(10-8-14)24(33)16-3-1-2-4-20(16)27)19-13-30(25(34)18(19)12-15)21-5-6-22(31)28-23(21)32/h1-4,11-12,14,21H,5-10,13H2,(H,28,31,32). The molecule has 3 heterocycles. The van der Waals surface area contributed by atoms with Crippen molar-refractivity contribution in [1.82, 2.24) is 15.1 Å². The maximum atomic E-state index is 14.5. The van der Waals surface area contributed by atoms with E-state index in [0.717, 1.165) is 0 Å². The average molecular weight is 467 g/mol. The van der Waals surface area contributed by atoms with Crippen LogP contribution >= 0.6 is 0 Å². The van der Waals surface area contributed by atoms with E-state index in [2.05, 4.69) is 5.32 Å². The summed E-state index contributed by atoms with van der Waals surface area (Å²) in [6, 6.07) is 7.71. The van der Waals surface area contributed by atoms with E-state index in [0.29, 0.717) is 37.1 Å². The van der Waals surface area contributed by atoms with E-state index in [1.54, 1.807) is 11.0 Å². The van der Waals surface area contributed by atoms with Crippen LogP contribution in [0.5, 0.6) is 0 Å². The van der Waals surface area contributed by atoms with Crippen LogP contribution in [0.25, 0.3) is 0 Å². The molecule has 34 heavy (non-hydrogen) atoms. The zero-order chi connectivity index (χ0) is 24.0. The highest BCUT2D eigenvalue weighted by Crippen LogP contribution is 2.38. The molecular formula is C25H23F2N3O4. The lowest BCUT2D eigenvalue weighted by molar-refractivity contribution is -0.136. The number of hydrogen-bond donors (Lipinski definition) is 1. The molecule has 2 saturated heterocycles. The summed E-state index contributed by atoms with van der Waals surface area (Å²) in [6.45, 7) is 0.937. The van der Waals surface area contributed by atoms with Gasteiger partial charge in [0.1, 0.15) is 17.7 Å². The second-order valence-electron chi connectivity index (χ2n) is 8.97. The molecule has 0 bridgehead atoms. The second-order valence-corrected chi connectivity index (χ2v) is 8.97. The number of benzene rings is 2. The van der Waals surface area contributed by atoms with E-state index in [1.807, 2.05) is 0 Å². The van der Waals surface area contributed by atoms with Gasteiger partial charge in [0.2, 0.25) is 11.8 Å². The number of amides is 4. The van der Waals surface area contributed by atoms with Crippen LogP contribution in [0.15, 0.2) is 36.4 Å². The highest BCUT2D eigenvalue weighted by Gasteiger charge is 2.41. The van der Waals surface area contributed by atoms with Crippen molar-refractivity contribution in [3.05, 3.63) is 70.3 Å². The molecule has 0 radical (unpaired) electrons. The van der Waals surface area contributed by atoms with E-state index < -0.39 is 29.5 Å². The van der Waals surface area contributed by atoms with Crippen LogP contribution < -0.4 is 5.32 Å². The SMILES string of the molecule is O=C1CCC(N2Cc3c(cc(F)cc3C3CCN(C(=O)c4ccccc4F)CC3)C2=O)C(=O)N1. The van der Waals surface area contributed by atoms with Crippen LogP contribution in [0.4, 0.5) is 8.78 Å². The van der Waals surface area contributed by atoms with Gasteiger partial charge in [-0.15, -0.1) is 0 Å². The van der Waals surface area contributed by atoms with Gasteiger partial charge in [0, 0.05) is 31.6 Å². The molecule has 2 aromatic rings. The lowest BCUT2D eigenvalue weighted by Gasteiger charge is -2.33. The Bertz CT molecular complexity index is 1210. The molecule has 3 aliphatic heterocycles. The Balaban J connectivity index is 1.34. The highest BCUT2D eigenvalue weighted by molar-refractivity contribution is 6.05. The minimum Gasteiger partial charge on any atom is -0.339 e. The zero-order valence-corrected chi connectivity index (χ0v) is 18.4. The number of halogens is 2. The lowest BCUT2D eigenvalue weighted by Crippen LogP contribution is -2.52. The zero-order valence-electron chi connectivity index (χ0n) is 18.4. The van der Waals surface area contributed by atoms with Crippen molar-refractivity contribution in [2.75, 3.05) is 13.1 Å². The van der Waals surface area contributed by atoms with E-state index in [1.165, 1.54) is 35.2 Å². The van der Waals surface area contributed by atoms with E-state index in [9.17, 15) is 28.0 Å². The van der Waals surface area contributed by atoms with Crippen molar-refractivity contribution in [2.45, 2.75) is 44.2 Å². The van der Waals surface area contributed by atoms with Crippen molar-refractivity contribution < 1.29 is 28.0 Å². The van der Waals surface area contributed by atoms with Crippen LogP contribution in [0.3, 0.4) is 0 Å². The number of fused-ring (bicyclic) bond motifs is 1. The van der Waals surface area contributed by atoms with E-state index in [-0.39, 0.29) is 48.2 Å². The molecule has 0 aliphatic carbocycles. The van der Waals surface area contributed by atoms with Gasteiger partial charge in [-0.1, -0.05) is 12.1 Å². The Morgan fingerprint density at radius 1 is 1.00 bits per heavy atom. The number of likely N-dealkylation sites (tertiary alicyclic amines) is 1. The predicted octanol–water partition coefficient (Wildman–Crippen LogP) is 2.75. The summed E-state index contributed by atoms with van der Waals surface area (Å²) in [5.74, 6) is -2.85. The lowest BCUT2D eigenvalue weighted by atomic mass is 9.85. The fraction of sp³-hybridized carbons (Fsp3) is 0.360. The summed E-state index contributed by atoms with van der Waals surface area (Å²) in [4.78, 5) is 52.6. The predicted molar refractivity (Wildman–Crippen MR) is 117 cm³/mol. The first kappa shape index (κ1) is 22.2. The Morgan fingerprint density at radius 3 is 2.44 bits per heavy atom. The molecule has 1 atom stereocenters. The number of nitrogens with one attached hydrogen (secondary N) is 1. The van der Waals surface area contributed by atoms with Gasteiger partial charge in [-0.05, 0) is 60.6 Å². The third-order valence-electron chi connectivity index (χ3n) is 6.98. The van der Waals surface area contributed by atoms with Crippen LogP contribution in [-0.2, 0) is 16.1 Å². The Labute approximate surface area is 194 Å². The Hall–Kier alpha value is -3.62. The van der Waals surface area contributed by atoms with Gasteiger partial charge in [0.05, 0.1) is 5.56 Å². The van der Waals surface area contributed by atoms with E-state index >= 15 is 0 Å². The maximum absolute atomic E-state index is 14.5. The molecule has 0 saturated carbocycles. The minimum atomic E-state index is -0.770. The van der Waals surface area contributed by atoms with E-state index in [4.69, 9.17) is 0 Å². The largest absolute Gasteiger partial charge is 0.339 e. The van der Waals surface area contributed by atoms with Crippen LogP contribution in [-0.4, -0.2) is 52.6 Å². The van der Waals surface area contributed by atoms with Crippen molar-refractivity contribution in [1.29, 1.82) is 0 Å². The number of hydrogen-bond acceptors (Lipinski definition) is 4. The summed E-state index contributed by atoms with van der Waals surface area (Å²) < 4.78 is 28.6. The molecular weight excluding hydrogens is 444 g/mol. The van der Waals surface area contributed by atoms with Crippen molar-refractivity contribution in [3.8, 4) is 0 Å². The van der Waals surface area contributed by atoms with Crippen molar-refractivity contribution >= 4 is 23.6 Å². The molecule has 2 aromatic carbocycles. The van der Waals surface area contributed by atoms with Crippen molar-refractivity contribution in [2.24, 2.45) is 0 Å². The summed E-state index contributed by atoms with van der Waals surface area (Å²) in [5, 5.41) is 2.27. The molecule has 9 heteroatoms. The molecule has 1 unspecified atom stereocenters. The molecule has 1 N–H and O–H groups in total. The number of rotatable bonds is 3. The first-order valence-corrected chi connectivity index (χ1v) is 11.3. The van der Waals surface area contributed by atoms with Gasteiger partial charge in [-0.25, -0.2) is 8.78 Å². The van der Waals surface area contributed by atoms with Gasteiger partial charge in [-0.2, -0.15) is 0 Å². The number of carbonyl (C=O) groups excluding carboxylic acids is 4. The number of piperidine rings is 2. The number of carbonyl (C=O) groups is 4. The topological polar surface area (TPSA) is 86.8 Å². The first-order valence-electron chi connectivity index (χ1n) is 11.3. The second kappa shape index (κ2) is 8.62. The Morgan fingerprint density at radius 2 is 1.74 bits per heavy atom. The molecule has 176 valence electrons. The monoisotopic (exact) mass is 467 g/mol. The Kier molecular flexibility index (Phi) is 5.63. The fourth-order valence-corrected chi connectivity index (χ4v) is 5.22. The average Bonchev–Trinajstić information content (AvgIpc) is 3.14. The summed E-state index contributed by atoms with van der Waals surface area (Å²) in [5.41, 5.74) is 1.66. The summed E-state index contributed by atoms with van der Waals surface area (Å²) in [6.07, 6.45) is 1.47. The summed E-state index contributed by atoms with van der Waals surface area (Å²) >= 11 is 0. The molecule has 0 aromatic heterocycles. The summed E-state index contributed by atoms with van der Waals surface area (Å²) in [7, 11) is 0. The molecule has 4 amide bonds.